The topological polar surface area (TPSA) is 55.6 Å². The summed E-state index contributed by atoms with van der Waals surface area (Å²) in [6.45, 7) is 2.05. The average molecular weight is 244 g/mol. The minimum atomic E-state index is -0.373. The van der Waals surface area contributed by atoms with Gasteiger partial charge < -0.3 is 4.74 Å². The Kier molecular flexibility index (Phi) is 2.54. The first-order chi connectivity index (χ1) is 8.69. The number of terminal acetylenes is 1. The van der Waals surface area contributed by atoms with Crippen molar-refractivity contribution in [2.45, 2.75) is 12.2 Å². The Morgan fingerprint density at radius 2 is 2.17 bits per heavy atom. The molecule has 92 valence electrons. The lowest BCUT2D eigenvalue weighted by Crippen LogP contribution is -2.36. The lowest BCUT2D eigenvalue weighted by Gasteiger charge is -2.30. The van der Waals surface area contributed by atoms with Crippen molar-refractivity contribution in [2.24, 2.45) is 0 Å². The molecule has 2 aliphatic rings. The third-order valence-corrected chi connectivity index (χ3v) is 3.47. The molecule has 2 bridgehead atoms. The molecule has 18 heavy (non-hydrogen) atoms. The molecular formula is C13H12N2O3. The minimum absolute atomic E-state index is 0.00657. The second-order valence-electron chi connectivity index (χ2n) is 4.58. The van der Waals surface area contributed by atoms with Crippen LogP contribution in [0.5, 0.6) is 0 Å². The summed E-state index contributed by atoms with van der Waals surface area (Å²) in [5.41, 5.74) is 2.12. The number of non-ortho nitro benzene ring substituents is 1. The molecule has 1 fully saturated rings. The predicted molar refractivity (Wildman–Crippen MR) is 64.9 cm³/mol. The van der Waals surface area contributed by atoms with Crippen molar-refractivity contribution < 1.29 is 9.66 Å². The van der Waals surface area contributed by atoms with E-state index in [1.54, 1.807) is 12.1 Å². The number of ether oxygens (including phenoxy) is 1. The first-order valence-corrected chi connectivity index (χ1v) is 5.78. The van der Waals surface area contributed by atoms with Gasteiger partial charge in [-0.1, -0.05) is 5.92 Å². The summed E-state index contributed by atoms with van der Waals surface area (Å²) in [7, 11) is 0. The first kappa shape index (κ1) is 11.2. The maximum Gasteiger partial charge on any atom is 0.269 e. The molecule has 0 spiro atoms. The van der Waals surface area contributed by atoms with Crippen LogP contribution in [0.15, 0.2) is 18.2 Å². The average Bonchev–Trinajstić information content (AvgIpc) is 2.62. The molecule has 5 heteroatoms. The maximum absolute atomic E-state index is 10.8. The molecule has 0 radical (unpaired) electrons. The third-order valence-electron chi connectivity index (χ3n) is 3.47. The van der Waals surface area contributed by atoms with E-state index >= 15 is 0 Å². The predicted octanol–water partition coefficient (Wildman–Crippen LogP) is 1.66. The van der Waals surface area contributed by atoms with E-state index in [2.05, 4.69) is 10.8 Å². The highest BCUT2D eigenvalue weighted by atomic mass is 16.6. The van der Waals surface area contributed by atoms with Crippen molar-refractivity contribution >= 4 is 5.69 Å². The minimum Gasteiger partial charge on any atom is -0.363 e. The maximum atomic E-state index is 10.8. The molecule has 1 aromatic carbocycles. The standard InChI is InChI=1S/C13H12N2O3/c1-2-5-14-7-12-10-4-3-9(15(16)17)6-11(10)13(8-14)18-12/h1,3-4,6,12-13H,5,7-8H2. The van der Waals surface area contributed by atoms with Crippen LogP contribution in [0.4, 0.5) is 5.69 Å². The van der Waals surface area contributed by atoms with Crippen LogP contribution in [0.1, 0.15) is 23.3 Å². The molecule has 2 heterocycles. The molecule has 0 aliphatic carbocycles. The van der Waals surface area contributed by atoms with Gasteiger partial charge in [-0.3, -0.25) is 15.0 Å². The van der Waals surface area contributed by atoms with Crippen molar-refractivity contribution in [3.8, 4) is 12.3 Å². The Labute approximate surface area is 104 Å². The molecule has 2 unspecified atom stereocenters. The van der Waals surface area contributed by atoms with Crippen molar-refractivity contribution in [3.05, 3.63) is 39.4 Å². The number of hydrogen-bond acceptors (Lipinski definition) is 4. The van der Waals surface area contributed by atoms with Crippen LogP contribution in [0.3, 0.4) is 0 Å². The number of hydrogen-bond donors (Lipinski definition) is 0. The van der Waals surface area contributed by atoms with Crippen molar-refractivity contribution in [1.82, 2.24) is 4.90 Å². The van der Waals surface area contributed by atoms with Crippen molar-refractivity contribution in [1.29, 1.82) is 0 Å². The summed E-state index contributed by atoms with van der Waals surface area (Å²) >= 11 is 0. The SMILES string of the molecule is C#CCN1CC2OC(C1)c1cc([N+](=O)[O-])ccc12. The van der Waals surface area contributed by atoms with Crippen LogP contribution < -0.4 is 0 Å². The normalized spacial score (nSPS) is 25.5. The third kappa shape index (κ3) is 1.67. The Hall–Kier alpha value is -1.90. The van der Waals surface area contributed by atoms with Gasteiger partial charge in [-0.2, -0.15) is 0 Å². The summed E-state index contributed by atoms with van der Waals surface area (Å²) in [6.07, 6.45) is 5.22. The Morgan fingerprint density at radius 1 is 1.44 bits per heavy atom. The van der Waals surface area contributed by atoms with E-state index in [1.165, 1.54) is 6.07 Å². The quantitative estimate of drug-likeness (QED) is 0.451. The molecule has 2 atom stereocenters. The summed E-state index contributed by atoms with van der Waals surface area (Å²) in [4.78, 5) is 12.6. The van der Waals surface area contributed by atoms with E-state index in [1.807, 2.05) is 0 Å². The van der Waals surface area contributed by atoms with Gasteiger partial charge in [-0.15, -0.1) is 6.42 Å². The van der Waals surface area contributed by atoms with Gasteiger partial charge in [0.15, 0.2) is 0 Å². The van der Waals surface area contributed by atoms with Crippen LogP contribution in [0, 0.1) is 22.5 Å². The van der Waals surface area contributed by atoms with Gasteiger partial charge in [0.1, 0.15) is 0 Å². The fourth-order valence-corrected chi connectivity index (χ4v) is 2.68. The van der Waals surface area contributed by atoms with Gasteiger partial charge in [-0.25, -0.2) is 0 Å². The second-order valence-corrected chi connectivity index (χ2v) is 4.58. The van der Waals surface area contributed by atoms with E-state index in [4.69, 9.17) is 11.2 Å². The van der Waals surface area contributed by atoms with E-state index in [9.17, 15) is 10.1 Å². The Morgan fingerprint density at radius 3 is 2.83 bits per heavy atom. The highest BCUT2D eigenvalue weighted by Crippen LogP contribution is 2.44. The molecule has 1 saturated heterocycles. The van der Waals surface area contributed by atoms with E-state index in [0.29, 0.717) is 13.1 Å². The van der Waals surface area contributed by atoms with Gasteiger partial charge in [-0.05, 0) is 17.2 Å². The van der Waals surface area contributed by atoms with Gasteiger partial charge in [0, 0.05) is 25.2 Å². The van der Waals surface area contributed by atoms with Crippen LogP contribution in [-0.4, -0.2) is 29.5 Å². The summed E-state index contributed by atoms with van der Waals surface area (Å²) in [6, 6.07) is 4.96. The zero-order chi connectivity index (χ0) is 12.7. The summed E-state index contributed by atoms with van der Waals surface area (Å²) in [5, 5.41) is 10.8. The highest BCUT2D eigenvalue weighted by molar-refractivity contribution is 5.45. The Bertz CT molecular complexity index is 550. The fraction of sp³-hybridized carbons (Fsp3) is 0.385. The number of fused-ring (bicyclic) bond motifs is 5. The zero-order valence-electron chi connectivity index (χ0n) is 9.70. The largest absolute Gasteiger partial charge is 0.363 e. The molecule has 1 aromatic rings. The zero-order valence-corrected chi connectivity index (χ0v) is 9.70. The summed E-state index contributed by atoms with van der Waals surface area (Å²) in [5.74, 6) is 2.62. The molecule has 3 rings (SSSR count). The monoisotopic (exact) mass is 244 g/mol. The second kappa shape index (κ2) is 4.09. The first-order valence-electron chi connectivity index (χ1n) is 5.78. The van der Waals surface area contributed by atoms with Crippen LogP contribution in [-0.2, 0) is 4.74 Å². The lowest BCUT2D eigenvalue weighted by atomic mass is 10.0. The highest BCUT2D eigenvalue weighted by Gasteiger charge is 2.39. The van der Waals surface area contributed by atoms with E-state index < -0.39 is 0 Å². The van der Waals surface area contributed by atoms with Crippen LogP contribution in [0.25, 0.3) is 0 Å². The van der Waals surface area contributed by atoms with Crippen molar-refractivity contribution in [3.63, 3.8) is 0 Å². The molecule has 0 saturated carbocycles. The molecule has 0 aromatic heterocycles. The van der Waals surface area contributed by atoms with Crippen LogP contribution in [0.2, 0.25) is 0 Å². The van der Waals surface area contributed by atoms with Gasteiger partial charge >= 0.3 is 0 Å². The smallest absolute Gasteiger partial charge is 0.269 e. The van der Waals surface area contributed by atoms with E-state index in [0.717, 1.165) is 17.7 Å². The lowest BCUT2D eigenvalue weighted by molar-refractivity contribution is -0.384. The molecule has 5 nitrogen and oxygen atoms in total. The molecule has 0 N–H and O–H groups in total. The number of rotatable bonds is 2. The number of nitrogens with zero attached hydrogens (tertiary/aromatic N) is 2. The van der Waals surface area contributed by atoms with Crippen molar-refractivity contribution in [2.75, 3.05) is 19.6 Å². The number of nitro groups is 1. The Balaban J connectivity index is 1.94. The van der Waals surface area contributed by atoms with E-state index in [-0.39, 0.29) is 22.8 Å². The number of morpholine rings is 1. The van der Waals surface area contributed by atoms with Gasteiger partial charge in [0.25, 0.3) is 5.69 Å². The number of benzene rings is 1. The van der Waals surface area contributed by atoms with Gasteiger partial charge in [0.05, 0.1) is 23.7 Å². The summed E-state index contributed by atoms with van der Waals surface area (Å²) < 4.78 is 5.85. The molecule has 2 aliphatic heterocycles. The van der Waals surface area contributed by atoms with Crippen LogP contribution >= 0.6 is 0 Å². The number of nitro benzene ring substituents is 1. The molecule has 0 amide bonds. The molecular weight excluding hydrogens is 232 g/mol. The fourth-order valence-electron chi connectivity index (χ4n) is 2.68. The van der Waals surface area contributed by atoms with Gasteiger partial charge in [0.2, 0.25) is 0 Å².